The largest absolute Gasteiger partial charge is 0.508 e. The van der Waals surface area contributed by atoms with Crippen LogP contribution < -0.4 is 5.32 Å². The zero-order valence-corrected chi connectivity index (χ0v) is 12.0. The lowest BCUT2D eigenvalue weighted by atomic mass is 9.96. The van der Waals surface area contributed by atoms with Crippen LogP contribution in [0.15, 0.2) is 24.3 Å². The molecule has 0 aromatic heterocycles. The molecule has 0 saturated heterocycles. The van der Waals surface area contributed by atoms with Gasteiger partial charge in [-0.3, -0.25) is 0 Å². The fourth-order valence-electron chi connectivity index (χ4n) is 2.04. The maximum Gasteiger partial charge on any atom is 0.116 e. The molecule has 1 aromatic rings. The average molecular weight is 247 g/mol. The van der Waals surface area contributed by atoms with Gasteiger partial charge < -0.3 is 10.4 Å². The highest BCUT2D eigenvalue weighted by Gasteiger charge is 2.06. The van der Waals surface area contributed by atoms with Crippen molar-refractivity contribution in [3.63, 3.8) is 0 Å². The van der Waals surface area contributed by atoms with Crippen molar-refractivity contribution in [2.24, 2.45) is 0 Å². The van der Waals surface area contributed by atoms with E-state index in [2.05, 4.69) is 39.1 Å². The third kappa shape index (κ3) is 4.53. The molecule has 0 aliphatic carbocycles. The lowest BCUT2D eigenvalue weighted by Gasteiger charge is -2.13. The molecule has 0 spiro atoms. The van der Waals surface area contributed by atoms with E-state index in [1.54, 1.807) is 6.07 Å². The summed E-state index contributed by atoms with van der Waals surface area (Å²) in [5.41, 5.74) is 3.71. The second-order valence-electron chi connectivity index (χ2n) is 5.00. The van der Waals surface area contributed by atoms with Gasteiger partial charge in [0.05, 0.1) is 0 Å². The van der Waals surface area contributed by atoms with Gasteiger partial charge in [0.15, 0.2) is 0 Å². The number of phenolic OH excluding ortho intramolecular Hbond substituents is 1. The minimum Gasteiger partial charge on any atom is -0.508 e. The van der Waals surface area contributed by atoms with Gasteiger partial charge in [0.2, 0.25) is 0 Å². The molecular formula is C16H25NO. The van der Waals surface area contributed by atoms with E-state index in [9.17, 15) is 5.11 Å². The molecule has 0 unspecified atom stereocenters. The van der Waals surface area contributed by atoms with Crippen molar-refractivity contribution in [1.29, 1.82) is 0 Å². The van der Waals surface area contributed by atoms with Crippen molar-refractivity contribution in [3.05, 3.63) is 35.4 Å². The Balaban J connectivity index is 2.84. The van der Waals surface area contributed by atoms with E-state index in [1.165, 1.54) is 16.7 Å². The van der Waals surface area contributed by atoms with Crippen LogP contribution in [0.5, 0.6) is 5.75 Å². The maximum atomic E-state index is 9.63. The number of hydrogen-bond donors (Lipinski definition) is 2. The van der Waals surface area contributed by atoms with Gasteiger partial charge in [-0.2, -0.15) is 0 Å². The predicted octanol–water partition coefficient (Wildman–Crippen LogP) is 3.88. The van der Waals surface area contributed by atoms with Gasteiger partial charge in [-0.25, -0.2) is 0 Å². The van der Waals surface area contributed by atoms with E-state index in [0.717, 1.165) is 19.4 Å². The van der Waals surface area contributed by atoms with E-state index in [0.29, 0.717) is 11.8 Å². The summed E-state index contributed by atoms with van der Waals surface area (Å²) < 4.78 is 0. The molecule has 0 saturated carbocycles. The molecule has 2 heteroatoms. The first-order chi connectivity index (χ1) is 8.54. The van der Waals surface area contributed by atoms with Crippen LogP contribution in [-0.2, 0) is 0 Å². The maximum absolute atomic E-state index is 9.63. The van der Waals surface area contributed by atoms with E-state index in [-0.39, 0.29) is 0 Å². The van der Waals surface area contributed by atoms with Gasteiger partial charge in [0.25, 0.3) is 0 Å². The lowest BCUT2D eigenvalue weighted by Crippen LogP contribution is -2.23. The Kier molecular flexibility index (Phi) is 5.93. The molecule has 0 bridgehead atoms. The number of phenols is 1. The molecule has 18 heavy (non-hydrogen) atoms. The molecule has 0 heterocycles. The number of benzene rings is 1. The van der Waals surface area contributed by atoms with Crippen molar-refractivity contribution in [2.75, 3.05) is 6.54 Å². The number of aryl methyl sites for hydroxylation is 1. The van der Waals surface area contributed by atoms with Crippen LogP contribution in [0.1, 0.15) is 44.7 Å². The quantitative estimate of drug-likeness (QED) is 0.799. The van der Waals surface area contributed by atoms with E-state index >= 15 is 0 Å². The van der Waals surface area contributed by atoms with Gasteiger partial charge in [0, 0.05) is 6.04 Å². The van der Waals surface area contributed by atoms with Gasteiger partial charge >= 0.3 is 0 Å². The number of nitrogens with one attached hydrogen (secondary N) is 1. The zero-order chi connectivity index (χ0) is 13.5. The fraction of sp³-hybridized carbons (Fsp3) is 0.500. The Labute approximate surface area is 111 Å². The Bertz CT molecular complexity index is 408. The Hall–Kier alpha value is -1.28. The molecule has 0 aliphatic rings. The Morgan fingerprint density at radius 3 is 2.72 bits per heavy atom. The standard InChI is InChI=1S/C16H25NO/c1-5-6-14(9-10-17-12(2)3)16-11-15(18)8-7-13(16)4/h6-8,11-12,17-18H,5,9-10H2,1-4H3/b14-6-. The van der Waals surface area contributed by atoms with E-state index < -0.39 is 0 Å². The molecule has 100 valence electrons. The molecule has 2 N–H and O–H groups in total. The molecule has 1 aromatic carbocycles. The highest BCUT2D eigenvalue weighted by molar-refractivity contribution is 5.69. The summed E-state index contributed by atoms with van der Waals surface area (Å²) in [6.07, 6.45) is 4.27. The fourth-order valence-corrected chi connectivity index (χ4v) is 2.04. The summed E-state index contributed by atoms with van der Waals surface area (Å²) in [5, 5.41) is 13.1. The molecular weight excluding hydrogens is 222 g/mol. The third-order valence-electron chi connectivity index (χ3n) is 2.96. The summed E-state index contributed by atoms with van der Waals surface area (Å²) in [6.45, 7) is 9.52. The van der Waals surface area contributed by atoms with Crippen LogP contribution in [0, 0.1) is 6.92 Å². The summed E-state index contributed by atoms with van der Waals surface area (Å²) in [7, 11) is 0. The SMILES string of the molecule is CC/C=C(/CCNC(C)C)c1cc(O)ccc1C. The van der Waals surface area contributed by atoms with E-state index in [4.69, 9.17) is 0 Å². The summed E-state index contributed by atoms with van der Waals surface area (Å²) in [5.74, 6) is 0.342. The van der Waals surface area contributed by atoms with Crippen LogP contribution in [0.4, 0.5) is 0 Å². The molecule has 1 rings (SSSR count). The Morgan fingerprint density at radius 1 is 1.39 bits per heavy atom. The minimum atomic E-state index is 0.342. The first-order valence-electron chi connectivity index (χ1n) is 6.77. The topological polar surface area (TPSA) is 32.3 Å². The molecule has 0 atom stereocenters. The van der Waals surface area contributed by atoms with Gasteiger partial charge in [-0.15, -0.1) is 0 Å². The number of allylic oxidation sites excluding steroid dienone is 1. The van der Waals surface area contributed by atoms with Crippen LogP contribution in [0.25, 0.3) is 5.57 Å². The second-order valence-corrected chi connectivity index (χ2v) is 5.00. The van der Waals surface area contributed by atoms with Crippen LogP contribution in [-0.4, -0.2) is 17.7 Å². The van der Waals surface area contributed by atoms with Crippen molar-refractivity contribution in [1.82, 2.24) is 5.32 Å². The van der Waals surface area contributed by atoms with Gasteiger partial charge in [0.1, 0.15) is 5.75 Å². The van der Waals surface area contributed by atoms with Crippen molar-refractivity contribution >= 4 is 5.57 Å². The lowest BCUT2D eigenvalue weighted by molar-refractivity contribution is 0.475. The second kappa shape index (κ2) is 7.22. The minimum absolute atomic E-state index is 0.342. The summed E-state index contributed by atoms with van der Waals surface area (Å²) in [4.78, 5) is 0. The normalized spacial score (nSPS) is 12.2. The zero-order valence-electron chi connectivity index (χ0n) is 12.0. The van der Waals surface area contributed by atoms with Crippen LogP contribution >= 0.6 is 0 Å². The molecule has 0 aliphatic heterocycles. The highest BCUT2D eigenvalue weighted by atomic mass is 16.3. The van der Waals surface area contributed by atoms with Gasteiger partial charge in [-0.1, -0.05) is 32.9 Å². The first kappa shape index (κ1) is 14.8. The smallest absolute Gasteiger partial charge is 0.116 e. The van der Waals surface area contributed by atoms with Crippen LogP contribution in [0.3, 0.4) is 0 Å². The molecule has 2 nitrogen and oxygen atoms in total. The number of hydrogen-bond acceptors (Lipinski definition) is 2. The van der Waals surface area contributed by atoms with Crippen molar-refractivity contribution in [2.45, 2.75) is 46.6 Å². The summed E-state index contributed by atoms with van der Waals surface area (Å²) in [6, 6.07) is 6.10. The number of aromatic hydroxyl groups is 1. The van der Waals surface area contributed by atoms with Crippen molar-refractivity contribution in [3.8, 4) is 5.75 Å². The third-order valence-corrected chi connectivity index (χ3v) is 2.96. The van der Waals surface area contributed by atoms with E-state index in [1.807, 2.05) is 12.1 Å². The van der Waals surface area contributed by atoms with Gasteiger partial charge in [-0.05, 0) is 55.1 Å². The predicted molar refractivity (Wildman–Crippen MR) is 78.9 cm³/mol. The monoisotopic (exact) mass is 247 g/mol. The highest BCUT2D eigenvalue weighted by Crippen LogP contribution is 2.26. The molecule has 0 amide bonds. The average Bonchev–Trinajstić information content (AvgIpc) is 2.31. The Morgan fingerprint density at radius 2 is 2.11 bits per heavy atom. The van der Waals surface area contributed by atoms with Crippen LogP contribution in [0.2, 0.25) is 0 Å². The summed E-state index contributed by atoms with van der Waals surface area (Å²) >= 11 is 0. The van der Waals surface area contributed by atoms with Crippen molar-refractivity contribution < 1.29 is 5.11 Å². The number of rotatable bonds is 6. The molecule has 0 fully saturated rings. The molecule has 0 radical (unpaired) electrons. The first-order valence-corrected chi connectivity index (χ1v) is 6.77.